The predicted molar refractivity (Wildman–Crippen MR) is 79.2 cm³/mol. The van der Waals surface area contributed by atoms with Gasteiger partial charge < -0.3 is 10.5 Å². The minimum atomic E-state index is -0.269. The van der Waals surface area contributed by atoms with Gasteiger partial charge in [-0.1, -0.05) is 6.07 Å². The average Bonchev–Trinajstić information content (AvgIpc) is 2.42. The van der Waals surface area contributed by atoms with E-state index in [1.807, 2.05) is 13.0 Å². The third-order valence-corrected chi connectivity index (χ3v) is 4.08. The van der Waals surface area contributed by atoms with E-state index in [0.717, 1.165) is 38.0 Å². The summed E-state index contributed by atoms with van der Waals surface area (Å²) < 4.78 is 19.0. The molecule has 0 aliphatic carbocycles. The Balaban J connectivity index is 1.90. The van der Waals surface area contributed by atoms with Crippen molar-refractivity contribution in [1.29, 1.82) is 0 Å². The average molecular weight is 280 g/mol. The molecule has 0 aromatic heterocycles. The van der Waals surface area contributed by atoms with Gasteiger partial charge in [0, 0.05) is 12.6 Å². The van der Waals surface area contributed by atoms with Crippen molar-refractivity contribution in [1.82, 2.24) is 4.90 Å². The molecule has 1 fully saturated rings. The normalized spacial score (nSPS) is 19.0. The molecule has 1 aromatic rings. The lowest BCUT2D eigenvalue weighted by Gasteiger charge is -2.33. The van der Waals surface area contributed by atoms with Crippen LogP contribution < -0.4 is 10.5 Å². The Hall–Kier alpha value is -1.13. The van der Waals surface area contributed by atoms with Crippen LogP contribution in [0.2, 0.25) is 0 Å². The van der Waals surface area contributed by atoms with Crippen molar-refractivity contribution in [2.45, 2.75) is 39.3 Å². The summed E-state index contributed by atoms with van der Waals surface area (Å²) >= 11 is 0. The van der Waals surface area contributed by atoms with Gasteiger partial charge in [-0.05, 0) is 63.4 Å². The third kappa shape index (κ3) is 3.93. The van der Waals surface area contributed by atoms with Gasteiger partial charge in [0.2, 0.25) is 0 Å². The van der Waals surface area contributed by atoms with Crippen LogP contribution in [-0.2, 0) is 6.54 Å². The SMILES string of the molecule is CCOc1ccc(CN2CCC(C(C)N)CC2)cc1F. The number of rotatable bonds is 5. The molecular weight excluding hydrogens is 255 g/mol. The zero-order chi connectivity index (χ0) is 14.5. The molecule has 2 rings (SSSR count). The van der Waals surface area contributed by atoms with E-state index >= 15 is 0 Å². The first-order valence-corrected chi connectivity index (χ1v) is 7.49. The zero-order valence-corrected chi connectivity index (χ0v) is 12.4. The molecule has 112 valence electrons. The van der Waals surface area contributed by atoms with Gasteiger partial charge in [-0.2, -0.15) is 0 Å². The Labute approximate surface area is 120 Å². The quantitative estimate of drug-likeness (QED) is 0.901. The van der Waals surface area contributed by atoms with Gasteiger partial charge in [-0.3, -0.25) is 4.90 Å². The van der Waals surface area contributed by atoms with Crippen molar-refractivity contribution >= 4 is 0 Å². The number of hydrogen-bond donors (Lipinski definition) is 1. The highest BCUT2D eigenvalue weighted by Crippen LogP contribution is 2.23. The molecule has 1 saturated heterocycles. The molecule has 1 aliphatic heterocycles. The van der Waals surface area contributed by atoms with Gasteiger partial charge in [0.15, 0.2) is 11.6 Å². The number of hydrogen-bond acceptors (Lipinski definition) is 3. The van der Waals surface area contributed by atoms with E-state index < -0.39 is 0 Å². The maximum absolute atomic E-state index is 13.8. The topological polar surface area (TPSA) is 38.5 Å². The van der Waals surface area contributed by atoms with Gasteiger partial charge in [0.25, 0.3) is 0 Å². The molecule has 0 spiro atoms. The van der Waals surface area contributed by atoms with Crippen molar-refractivity contribution in [3.63, 3.8) is 0 Å². The smallest absolute Gasteiger partial charge is 0.165 e. The lowest BCUT2D eigenvalue weighted by Crippen LogP contribution is -2.39. The first-order chi connectivity index (χ1) is 9.60. The van der Waals surface area contributed by atoms with E-state index in [2.05, 4.69) is 11.8 Å². The third-order valence-electron chi connectivity index (χ3n) is 4.08. The molecule has 2 N–H and O–H groups in total. The van der Waals surface area contributed by atoms with Gasteiger partial charge in [-0.15, -0.1) is 0 Å². The van der Waals surface area contributed by atoms with Crippen LogP contribution in [0.4, 0.5) is 4.39 Å². The molecule has 1 unspecified atom stereocenters. The highest BCUT2D eigenvalue weighted by atomic mass is 19.1. The number of halogens is 1. The molecule has 0 bridgehead atoms. The van der Waals surface area contributed by atoms with Gasteiger partial charge in [0.1, 0.15) is 0 Å². The van der Waals surface area contributed by atoms with Crippen LogP contribution >= 0.6 is 0 Å². The number of nitrogens with zero attached hydrogens (tertiary/aromatic N) is 1. The number of benzene rings is 1. The Morgan fingerprint density at radius 1 is 1.40 bits per heavy atom. The largest absolute Gasteiger partial charge is 0.491 e. The highest BCUT2D eigenvalue weighted by Gasteiger charge is 2.21. The van der Waals surface area contributed by atoms with E-state index in [-0.39, 0.29) is 11.9 Å². The highest BCUT2D eigenvalue weighted by molar-refractivity contribution is 5.29. The standard InChI is InChI=1S/C16H25FN2O/c1-3-20-16-5-4-13(10-15(16)17)11-19-8-6-14(7-9-19)12(2)18/h4-5,10,12,14H,3,6-9,11,18H2,1-2H3. The fourth-order valence-electron chi connectivity index (χ4n) is 2.81. The van der Waals surface area contributed by atoms with E-state index in [9.17, 15) is 4.39 Å². The fraction of sp³-hybridized carbons (Fsp3) is 0.625. The zero-order valence-electron chi connectivity index (χ0n) is 12.4. The molecular formula is C16H25FN2O. The van der Waals surface area contributed by atoms with Crippen molar-refractivity contribution < 1.29 is 9.13 Å². The molecule has 3 nitrogen and oxygen atoms in total. The van der Waals surface area contributed by atoms with Gasteiger partial charge in [-0.25, -0.2) is 4.39 Å². The Morgan fingerprint density at radius 2 is 2.10 bits per heavy atom. The molecule has 0 radical (unpaired) electrons. The van der Waals surface area contributed by atoms with Crippen molar-refractivity contribution in [2.24, 2.45) is 11.7 Å². The van der Waals surface area contributed by atoms with Crippen molar-refractivity contribution in [3.8, 4) is 5.75 Å². The number of ether oxygens (including phenoxy) is 1. The van der Waals surface area contributed by atoms with Crippen LogP contribution in [0.1, 0.15) is 32.3 Å². The van der Waals surface area contributed by atoms with Crippen LogP contribution in [0.3, 0.4) is 0 Å². The van der Waals surface area contributed by atoms with E-state index in [1.165, 1.54) is 0 Å². The lowest BCUT2D eigenvalue weighted by molar-refractivity contribution is 0.165. The van der Waals surface area contributed by atoms with Gasteiger partial charge >= 0.3 is 0 Å². The molecule has 1 heterocycles. The summed E-state index contributed by atoms with van der Waals surface area (Å²) in [5, 5.41) is 0. The lowest BCUT2D eigenvalue weighted by atomic mass is 9.91. The van der Waals surface area contributed by atoms with Crippen LogP contribution in [0.5, 0.6) is 5.75 Å². The Kier molecular flexibility index (Phi) is 5.38. The van der Waals surface area contributed by atoms with E-state index in [4.69, 9.17) is 10.5 Å². The maximum atomic E-state index is 13.8. The Bertz CT molecular complexity index is 428. The number of piperidine rings is 1. The fourth-order valence-corrected chi connectivity index (χ4v) is 2.81. The van der Waals surface area contributed by atoms with Crippen LogP contribution in [0.25, 0.3) is 0 Å². The minimum absolute atomic E-state index is 0.269. The number of likely N-dealkylation sites (tertiary alicyclic amines) is 1. The van der Waals surface area contributed by atoms with Crippen molar-refractivity contribution in [3.05, 3.63) is 29.6 Å². The summed E-state index contributed by atoms with van der Waals surface area (Å²) in [5.41, 5.74) is 6.95. The summed E-state index contributed by atoms with van der Waals surface area (Å²) in [4.78, 5) is 2.37. The Morgan fingerprint density at radius 3 is 2.65 bits per heavy atom. The van der Waals surface area contributed by atoms with Gasteiger partial charge in [0.05, 0.1) is 6.61 Å². The summed E-state index contributed by atoms with van der Waals surface area (Å²) in [6.45, 7) is 7.32. The van der Waals surface area contributed by atoms with Crippen molar-refractivity contribution in [2.75, 3.05) is 19.7 Å². The van der Waals surface area contributed by atoms with E-state index in [0.29, 0.717) is 18.3 Å². The van der Waals surface area contributed by atoms with Crippen LogP contribution in [0.15, 0.2) is 18.2 Å². The minimum Gasteiger partial charge on any atom is -0.491 e. The summed E-state index contributed by atoms with van der Waals surface area (Å²) in [6, 6.07) is 5.54. The second kappa shape index (κ2) is 7.04. The molecule has 1 aliphatic rings. The van der Waals surface area contributed by atoms with Crippen LogP contribution in [0, 0.1) is 11.7 Å². The first kappa shape index (κ1) is 15.3. The monoisotopic (exact) mass is 280 g/mol. The second-order valence-corrected chi connectivity index (χ2v) is 5.67. The molecule has 1 atom stereocenters. The molecule has 0 amide bonds. The molecule has 20 heavy (non-hydrogen) atoms. The van der Waals surface area contributed by atoms with Crippen LogP contribution in [-0.4, -0.2) is 30.6 Å². The molecule has 4 heteroatoms. The first-order valence-electron chi connectivity index (χ1n) is 7.49. The predicted octanol–water partition coefficient (Wildman–Crippen LogP) is 2.78. The number of nitrogens with two attached hydrogens (primary N) is 1. The maximum Gasteiger partial charge on any atom is 0.165 e. The van der Waals surface area contributed by atoms with E-state index in [1.54, 1.807) is 12.1 Å². The summed E-state index contributed by atoms with van der Waals surface area (Å²) in [6.07, 6.45) is 2.27. The second-order valence-electron chi connectivity index (χ2n) is 5.67. The molecule has 0 saturated carbocycles. The summed E-state index contributed by atoms with van der Waals surface area (Å²) in [7, 11) is 0. The molecule has 1 aromatic carbocycles. The summed E-state index contributed by atoms with van der Waals surface area (Å²) in [5.74, 6) is 0.699.